The molecule has 1 N–H and O–H groups in total. The SMILES string of the molecule is Cc1ccc(CNS(=O)(=O)c2c(C)n(C)c(=O)n(C)c2=O)cc1. The van der Waals surface area contributed by atoms with Crippen LogP contribution in [0.2, 0.25) is 0 Å². The maximum absolute atomic E-state index is 12.5. The minimum Gasteiger partial charge on any atom is -0.300 e. The van der Waals surface area contributed by atoms with Crippen LogP contribution in [0.25, 0.3) is 0 Å². The molecule has 1 aromatic heterocycles. The molecule has 0 aliphatic rings. The first-order valence-electron chi connectivity index (χ1n) is 6.97. The summed E-state index contributed by atoms with van der Waals surface area (Å²) in [6.07, 6.45) is 0. The zero-order chi connectivity index (χ0) is 17.4. The van der Waals surface area contributed by atoms with Crippen molar-refractivity contribution in [2.45, 2.75) is 25.3 Å². The van der Waals surface area contributed by atoms with Gasteiger partial charge in [0.2, 0.25) is 10.0 Å². The Labute approximate surface area is 134 Å². The lowest BCUT2D eigenvalue weighted by atomic mass is 10.2. The fraction of sp³-hybridized carbons (Fsp3) is 0.333. The van der Waals surface area contributed by atoms with Gasteiger partial charge >= 0.3 is 5.69 Å². The van der Waals surface area contributed by atoms with Crippen molar-refractivity contribution in [3.8, 4) is 0 Å². The average Bonchev–Trinajstić information content (AvgIpc) is 2.50. The van der Waals surface area contributed by atoms with Gasteiger partial charge in [-0.2, -0.15) is 0 Å². The maximum Gasteiger partial charge on any atom is 0.330 e. The van der Waals surface area contributed by atoms with Crippen molar-refractivity contribution in [1.82, 2.24) is 13.9 Å². The number of hydrogen-bond acceptors (Lipinski definition) is 4. The summed E-state index contributed by atoms with van der Waals surface area (Å²) < 4.78 is 29.3. The number of nitrogens with zero attached hydrogens (tertiary/aromatic N) is 2. The Balaban J connectivity index is 2.43. The van der Waals surface area contributed by atoms with E-state index in [0.29, 0.717) is 0 Å². The van der Waals surface area contributed by atoms with Crippen LogP contribution in [0.4, 0.5) is 0 Å². The van der Waals surface area contributed by atoms with Crippen LogP contribution in [0, 0.1) is 13.8 Å². The lowest BCUT2D eigenvalue weighted by Gasteiger charge is -2.13. The molecule has 23 heavy (non-hydrogen) atoms. The fourth-order valence-electron chi connectivity index (χ4n) is 2.18. The van der Waals surface area contributed by atoms with E-state index >= 15 is 0 Å². The second kappa shape index (κ2) is 6.13. The molecule has 8 heteroatoms. The van der Waals surface area contributed by atoms with Gasteiger partial charge in [0, 0.05) is 26.3 Å². The second-order valence-corrected chi connectivity index (χ2v) is 7.13. The lowest BCUT2D eigenvalue weighted by molar-refractivity contribution is 0.566. The predicted molar refractivity (Wildman–Crippen MR) is 86.9 cm³/mol. The van der Waals surface area contributed by atoms with Crippen molar-refractivity contribution < 1.29 is 8.42 Å². The fourth-order valence-corrected chi connectivity index (χ4v) is 3.57. The zero-order valence-electron chi connectivity index (χ0n) is 13.5. The van der Waals surface area contributed by atoms with Crippen molar-refractivity contribution in [1.29, 1.82) is 0 Å². The highest BCUT2D eigenvalue weighted by atomic mass is 32.2. The number of benzene rings is 1. The Kier molecular flexibility index (Phi) is 4.58. The minimum absolute atomic E-state index is 0.0635. The van der Waals surface area contributed by atoms with Gasteiger partial charge in [-0.3, -0.25) is 13.9 Å². The molecule has 0 saturated carbocycles. The van der Waals surface area contributed by atoms with E-state index in [2.05, 4.69) is 4.72 Å². The first kappa shape index (κ1) is 17.2. The van der Waals surface area contributed by atoms with E-state index in [0.717, 1.165) is 20.3 Å². The van der Waals surface area contributed by atoms with Crippen LogP contribution in [0.5, 0.6) is 0 Å². The standard InChI is InChI=1S/C15H19N3O4S/c1-10-5-7-12(8-6-10)9-16-23(21,22)13-11(2)17(3)15(20)18(4)14(13)19/h5-8,16H,9H2,1-4H3. The van der Waals surface area contributed by atoms with Crippen molar-refractivity contribution in [3.05, 3.63) is 61.9 Å². The van der Waals surface area contributed by atoms with Gasteiger partial charge in [-0.25, -0.2) is 17.9 Å². The van der Waals surface area contributed by atoms with Crippen LogP contribution >= 0.6 is 0 Å². The van der Waals surface area contributed by atoms with Gasteiger partial charge in [0.15, 0.2) is 4.90 Å². The first-order chi connectivity index (χ1) is 10.6. The molecule has 0 amide bonds. The molecule has 0 radical (unpaired) electrons. The van der Waals surface area contributed by atoms with Crippen molar-refractivity contribution in [3.63, 3.8) is 0 Å². The molecule has 0 unspecified atom stereocenters. The summed E-state index contributed by atoms with van der Waals surface area (Å²) in [6, 6.07) is 7.37. The average molecular weight is 337 g/mol. The normalized spacial score (nSPS) is 11.7. The highest BCUT2D eigenvalue weighted by Gasteiger charge is 2.24. The summed E-state index contributed by atoms with van der Waals surface area (Å²) in [4.78, 5) is 23.6. The number of sulfonamides is 1. The Morgan fingerprint density at radius 1 is 1.00 bits per heavy atom. The number of rotatable bonds is 4. The lowest BCUT2D eigenvalue weighted by Crippen LogP contribution is -2.43. The van der Waals surface area contributed by atoms with Gasteiger partial charge < -0.3 is 0 Å². The molecule has 124 valence electrons. The number of nitrogens with one attached hydrogen (secondary N) is 1. The highest BCUT2D eigenvalue weighted by molar-refractivity contribution is 7.89. The Morgan fingerprint density at radius 3 is 2.13 bits per heavy atom. The summed E-state index contributed by atoms with van der Waals surface area (Å²) in [6.45, 7) is 3.43. The predicted octanol–water partition coefficient (Wildman–Crippen LogP) is 0.179. The molecule has 1 aromatic carbocycles. The summed E-state index contributed by atoms with van der Waals surface area (Å²) in [5, 5.41) is 0. The summed E-state index contributed by atoms with van der Waals surface area (Å²) in [5.41, 5.74) is 0.555. The van der Waals surface area contributed by atoms with E-state index in [1.807, 2.05) is 31.2 Å². The maximum atomic E-state index is 12.5. The topological polar surface area (TPSA) is 90.2 Å². The van der Waals surface area contributed by atoms with E-state index < -0.39 is 26.2 Å². The monoisotopic (exact) mass is 337 g/mol. The quantitative estimate of drug-likeness (QED) is 0.862. The molecule has 7 nitrogen and oxygen atoms in total. The van der Waals surface area contributed by atoms with Crippen molar-refractivity contribution in [2.75, 3.05) is 0 Å². The van der Waals surface area contributed by atoms with E-state index in [1.54, 1.807) is 0 Å². The number of hydrogen-bond donors (Lipinski definition) is 1. The van der Waals surface area contributed by atoms with Crippen molar-refractivity contribution >= 4 is 10.0 Å². The smallest absolute Gasteiger partial charge is 0.300 e. The summed E-state index contributed by atoms with van der Waals surface area (Å²) >= 11 is 0. The van der Waals surface area contributed by atoms with Crippen LogP contribution < -0.4 is 16.0 Å². The molecule has 2 aromatic rings. The first-order valence-corrected chi connectivity index (χ1v) is 8.45. The van der Waals surface area contributed by atoms with E-state index in [-0.39, 0.29) is 12.2 Å². The highest BCUT2D eigenvalue weighted by Crippen LogP contribution is 2.09. The molecule has 0 atom stereocenters. The van der Waals surface area contributed by atoms with Gasteiger partial charge in [0.25, 0.3) is 5.56 Å². The molecule has 0 aliphatic heterocycles. The summed E-state index contributed by atoms with van der Waals surface area (Å²) in [5.74, 6) is 0. The second-order valence-electron chi connectivity index (χ2n) is 5.43. The largest absolute Gasteiger partial charge is 0.330 e. The molecule has 0 bridgehead atoms. The van der Waals surface area contributed by atoms with Crippen LogP contribution in [-0.4, -0.2) is 17.6 Å². The van der Waals surface area contributed by atoms with Crippen LogP contribution in [0.15, 0.2) is 38.8 Å². The molecular formula is C15H19N3O4S. The van der Waals surface area contributed by atoms with Gasteiger partial charge in [0.05, 0.1) is 0 Å². The van der Waals surface area contributed by atoms with E-state index in [4.69, 9.17) is 0 Å². The summed E-state index contributed by atoms with van der Waals surface area (Å²) in [7, 11) is -1.35. The Bertz CT molecular complexity index is 954. The van der Waals surface area contributed by atoms with E-state index in [1.165, 1.54) is 21.0 Å². The van der Waals surface area contributed by atoms with Crippen molar-refractivity contribution in [2.24, 2.45) is 14.1 Å². The molecule has 0 saturated heterocycles. The van der Waals surface area contributed by atoms with Crippen LogP contribution in [-0.2, 0) is 30.7 Å². The number of aryl methyl sites for hydroxylation is 1. The molecule has 2 rings (SSSR count). The third kappa shape index (κ3) is 3.27. The van der Waals surface area contributed by atoms with Gasteiger partial charge in [-0.1, -0.05) is 29.8 Å². The van der Waals surface area contributed by atoms with E-state index in [9.17, 15) is 18.0 Å². The van der Waals surface area contributed by atoms with Gasteiger partial charge in [-0.05, 0) is 19.4 Å². The molecule has 1 heterocycles. The Morgan fingerprint density at radius 2 is 1.57 bits per heavy atom. The molecule has 0 aliphatic carbocycles. The third-order valence-corrected chi connectivity index (χ3v) is 5.29. The zero-order valence-corrected chi connectivity index (χ0v) is 14.3. The van der Waals surface area contributed by atoms with Crippen LogP contribution in [0.1, 0.15) is 16.8 Å². The molecule has 0 spiro atoms. The number of aromatic nitrogens is 2. The molecular weight excluding hydrogens is 318 g/mol. The Hall–Kier alpha value is -2.19. The molecule has 0 fully saturated rings. The van der Waals surface area contributed by atoms with Gasteiger partial charge in [0.1, 0.15) is 0 Å². The third-order valence-electron chi connectivity index (χ3n) is 3.76. The van der Waals surface area contributed by atoms with Gasteiger partial charge in [-0.15, -0.1) is 0 Å². The van der Waals surface area contributed by atoms with Crippen LogP contribution in [0.3, 0.4) is 0 Å². The minimum atomic E-state index is -4.03.